The molecule has 1 fully saturated rings. The number of piperazine rings is 1. The van der Waals surface area contributed by atoms with Gasteiger partial charge in [-0.1, -0.05) is 50.2 Å². The number of methoxy groups -OCH3 is 1. The molecule has 1 aliphatic rings. The molecule has 0 aromatic heterocycles. The third-order valence-corrected chi connectivity index (χ3v) is 6.10. The van der Waals surface area contributed by atoms with Crippen LogP contribution in [0.25, 0.3) is 17.2 Å². The minimum atomic E-state index is -0.880. The predicted molar refractivity (Wildman–Crippen MR) is 131 cm³/mol. The van der Waals surface area contributed by atoms with Crippen molar-refractivity contribution in [3.63, 3.8) is 0 Å². The Bertz CT molecular complexity index is 1170. The number of rotatable bonds is 6. The van der Waals surface area contributed by atoms with Gasteiger partial charge in [0, 0.05) is 32.2 Å². The first-order chi connectivity index (χ1) is 16.6. The van der Waals surface area contributed by atoms with E-state index in [0.717, 1.165) is 11.1 Å². The lowest BCUT2D eigenvalue weighted by Gasteiger charge is -2.39. The van der Waals surface area contributed by atoms with Gasteiger partial charge in [0.1, 0.15) is 6.04 Å². The van der Waals surface area contributed by atoms with Gasteiger partial charge in [0.05, 0.1) is 24.1 Å². The fourth-order valence-electron chi connectivity index (χ4n) is 4.33. The Balaban J connectivity index is 1.96. The number of hydrogen-bond acceptors (Lipinski definition) is 6. The van der Waals surface area contributed by atoms with Crippen molar-refractivity contribution in [1.29, 1.82) is 0 Å². The monoisotopic (exact) mass is 479 g/mol. The molecule has 0 bridgehead atoms. The van der Waals surface area contributed by atoms with Crippen molar-refractivity contribution >= 4 is 29.5 Å². The van der Waals surface area contributed by atoms with E-state index in [1.807, 2.05) is 38.1 Å². The fraction of sp³-hybridized carbons (Fsp3) is 0.346. The summed E-state index contributed by atoms with van der Waals surface area (Å²) in [6.45, 7) is 5.88. The van der Waals surface area contributed by atoms with Crippen LogP contribution < -0.4 is 0 Å². The van der Waals surface area contributed by atoms with Gasteiger partial charge in [-0.3, -0.25) is 19.7 Å². The smallest absolute Gasteiger partial charge is 0.330 e. The quantitative estimate of drug-likeness (QED) is 0.271. The van der Waals surface area contributed by atoms with E-state index in [2.05, 4.69) is 0 Å². The number of esters is 1. The van der Waals surface area contributed by atoms with Gasteiger partial charge in [-0.2, -0.15) is 0 Å². The molecule has 9 heteroatoms. The highest BCUT2D eigenvalue weighted by Gasteiger charge is 2.36. The maximum Gasteiger partial charge on any atom is 0.330 e. The van der Waals surface area contributed by atoms with Crippen molar-refractivity contribution in [3.05, 3.63) is 69.8 Å². The first-order valence-corrected chi connectivity index (χ1v) is 11.3. The molecule has 0 radical (unpaired) electrons. The molecule has 35 heavy (non-hydrogen) atoms. The average Bonchev–Trinajstić information content (AvgIpc) is 2.85. The number of ether oxygens (including phenoxy) is 1. The summed E-state index contributed by atoms with van der Waals surface area (Å²) in [7, 11) is 1.24. The summed E-state index contributed by atoms with van der Waals surface area (Å²) in [6, 6.07) is 11.4. The second-order valence-corrected chi connectivity index (χ2v) is 8.61. The number of hydrogen-bond donors (Lipinski definition) is 0. The molecule has 2 aromatic carbocycles. The lowest BCUT2D eigenvalue weighted by atomic mass is 9.89. The van der Waals surface area contributed by atoms with Crippen LogP contribution in [0.4, 0.5) is 5.69 Å². The molecule has 1 unspecified atom stereocenters. The van der Waals surface area contributed by atoms with Gasteiger partial charge in [0.2, 0.25) is 11.8 Å². The zero-order valence-corrected chi connectivity index (χ0v) is 20.3. The van der Waals surface area contributed by atoms with E-state index >= 15 is 0 Å². The number of amides is 2. The molecule has 0 spiro atoms. The van der Waals surface area contributed by atoms with E-state index in [1.165, 1.54) is 36.0 Å². The molecule has 0 aliphatic carbocycles. The third kappa shape index (κ3) is 5.56. The molecule has 9 nitrogen and oxygen atoms in total. The van der Waals surface area contributed by atoms with Crippen LogP contribution in [0, 0.1) is 10.1 Å². The molecule has 1 atom stereocenters. The minimum absolute atomic E-state index is 0.00735. The molecule has 0 N–H and O–H groups in total. The van der Waals surface area contributed by atoms with Gasteiger partial charge in [-0.15, -0.1) is 0 Å². The highest BCUT2D eigenvalue weighted by molar-refractivity contribution is 5.95. The molecule has 1 saturated heterocycles. The van der Waals surface area contributed by atoms with Crippen molar-refractivity contribution in [2.75, 3.05) is 26.7 Å². The van der Waals surface area contributed by atoms with E-state index in [0.29, 0.717) is 11.1 Å². The summed E-state index contributed by atoms with van der Waals surface area (Å²) in [5.41, 5.74) is 2.63. The number of benzene rings is 2. The van der Waals surface area contributed by atoms with Crippen molar-refractivity contribution in [2.45, 2.75) is 32.7 Å². The lowest BCUT2D eigenvalue weighted by Crippen LogP contribution is -2.59. The number of carbonyl (C=O) groups is 3. The molecule has 3 rings (SSSR count). The van der Waals surface area contributed by atoms with Crippen LogP contribution in [0.1, 0.15) is 37.8 Å². The normalized spacial score (nSPS) is 16.0. The summed E-state index contributed by atoms with van der Waals surface area (Å²) >= 11 is 0. The summed E-state index contributed by atoms with van der Waals surface area (Å²) in [5.74, 6) is -1.09. The van der Waals surface area contributed by atoms with Crippen LogP contribution in [0.3, 0.4) is 0 Å². The van der Waals surface area contributed by atoms with E-state index in [4.69, 9.17) is 4.74 Å². The van der Waals surface area contributed by atoms with Crippen LogP contribution in [0.15, 0.2) is 48.5 Å². The van der Waals surface area contributed by atoms with Crippen LogP contribution >= 0.6 is 0 Å². The highest BCUT2D eigenvalue weighted by atomic mass is 16.6. The Morgan fingerprint density at radius 1 is 1.11 bits per heavy atom. The Hall–Kier alpha value is -4.01. The van der Waals surface area contributed by atoms with E-state index in [-0.39, 0.29) is 43.1 Å². The van der Waals surface area contributed by atoms with E-state index < -0.39 is 16.9 Å². The molecule has 2 amide bonds. The molecule has 1 aliphatic heterocycles. The molecule has 1 heterocycles. The SMILES string of the molecule is COC(=O)C1CN(C(=O)/C=C/c2cccc([N+](=O)[O-])c2-c2ccccc2C(C)C)CCN1C(C)=O. The Kier molecular flexibility index (Phi) is 8.01. The maximum absolute atomic E-state index is 13.0. The number of nitrogens with zero attached hydrogens (tertiary/aromatic N) is 3. The van der Waals surface area contributed by atoms with Gasteiger partial charge in [-0.05, 0) is 28.7 Å². The lowest BCUT2D eigenvalue weighted by molar-refractivity contribution is -0.384. The number of nitro benzene ring substituents is 1. The van der Waals surface area contributed by atoms with Crippen LogP contribution in [-0.4, -0.2) is 65.3 Å². The Morgan fingerprint density at radius 2 is 1.83 bits per heavy atom. The number of carbonyl (C=O) groups excluding carboxylic acids is 3. The maximum atomic E-state index is 13.0. The van der Waals surface area contributed by atoms with Crippen LogP contribution in [0.5, 0.6) is 0 Å². The summed E-state index contributed by atoms with van der Waals surface area (Å²) < 4.78 is 4.81. The summed E-state index contributed by atoms with van der Waals surface area (Å²) in [6.07, 6.45) is 2.91. The zero-order valence-electron chi connectivity index (χ0n) is 20.3. The van der Waals surface area contributed by atoms with Gasteiger partial charge in [0.25, 0.3) is 5.69 Å². The molecule has 0 saturated carbocycles. The fourth-order valence-corrected chi connectivity index (χ4v) is 4.33. The van der Waals surface area contributed by atoms with Crippen LogP contribution in [-0.2, 0) is 19.1 Å². The molecular weight excluding hydrogens is 450 g/mol. The van der Waals surface area contributed by atoms with Crippen molar-refractivity contribution in [1.82, 2.24) is 9.80 Å². The summed E-state index contributed by atoms with van der Waals surface area (Å²) in [4.78, 5) is 51.4. The largest absolute Gasteiger partial charge is 0.467 e. The molecular formula is C26H29N3O6. The summed E-state index contributed by atoms with van der Waals surface area (Å²) in [5, 5.41) is 11.9. The minimum Gasteiger partial charge on any atom is -0.467 e. The highest BCUT2D eigenvalue weighted by Crippen LogP contribution is 2.38. The third-order valence-electron chi connectivity index (χ3n) is 6.10. The van der Waals surface area contributed by atoms with Gasteiger partial charge in [0.15, 0.2) is 0 Å². The zero-order chi connectivity index (χ0) is 25.7. The first-order valence-electron chi connectivity index (χ1n) is 11.3. The Morgan fingerprint density at radius 3 is 2.46 bits per heavy atom. The number of nitro groups is 1. The predicted octanol–water partition coefficient (Wildman–Crippen LogP) is 3.63. The van der Waals surface area contributed by atoms with Gasteiger partial charge in [-0.25, -0.2) is 4.79 Å². The second kappa shape index (κ2) is 10.9. The van der Waals surface area contributed by atoms with Crippen molar-refractivity contribution in [3.8, 4) is 11.1 Å². The van der Waals surface area contributed by atoms with Crippen molar-refractivity contribution < 1.29 is 24.0 Å². The van der Waals surface area contributed by atoms with Gasteiger partial charge < -0.3 is 14.5 Å². The van der Waals surface area contributed by atoms with Crippen LogP contribution in [0.2, 0.25) is 0 Å². The topological polar surface area (TPSA) is 110 Å². The second-order valence-electron chi connectivity index (χ2n) is 8.61. The molecule has 184 valence electrons. The van der Waals surface area contributed by atoms with E-state index in [9.17, 15) is 24.5 Å². The van der Waals surface area contributed by atoms with Gasteiger partial charge >= 0.3 is 5.97 Å². The van der Waals surface area contributed by atoms with Crippen molar-refractivity contribution in [2.24, 2.45) is 0 Å². The molecule has 2 aromatic rings. The average molecular weight is 480 g/mol. The van der Waals surface area contributed by atoms with E-state index in [1.54, 1.807) is 18.2 Å². The Labute approximate surface area is 204 Å². The first kappa shape index (κ1) is 25.6. The standard InChI is InChI=1S/C26H29N3O6/c1-17(2)20-9-5-6-10-21(20)25-19(8-7-11-22(25)29(33)34)12-13-24(31)27-14-15-28(18(3)30)23(16-27)26(32)35-4/h5-13,17,23H,14-16H2,1-4H3/b13-12+.